The first kappa shape index (κ1) is 29.2. The van der Waals surface area contributed by atoms with Gasteiger partial charge in [0.15, 0.2) is 0 Å². The Morgan fingerprint density at radius 3 is 2.00 bits per heavy atom. The lowest BCUT2D eigenvalue weighted by molar-refractivity contribution is 1.02. The zero-order chi connectivity index (χ0) is 34.6. The van der Waals surface area contributed by atoms with E-state index in [9.17, 15) is 0 Å². The van der Waals surface area contributed by atoms with Crippen LogP contribution < -0.4 is 0 Å². The molecule has 12 rings (SSSR count). The van der Waals surface area contributed by atoms with Crippen molar-refractivity contribution < 1.29 is 0 Å². The van der Waals surface area contributed by atoms with E-state index < -0.39 is 0 Å². The number of rotatable bonds is 3. The molecule has 0 saturated heterocycles. The van der Waals surface area contributed by atoms with Gasteiger partial charge in [-0.1, -0.05) is 146 Å². The Morgan fingerprint density at radius 1 is 0.415 bits per heavy atom. The maximum Gasteiger partial charge on any atom is 0.235 e. The minimum atomic E-state index is 0.679. The molecule has 4 aromatic heterocycles. The topological polar surface area (TPSA) is 30.7 Å². The lowest BCUT2D eigenvalue weighted by atomic mass is 9.99. The number of benzene rings is 8. The summed E-state index contributed by atoms with van der Waals surface area (Å²) in [5, 5.41) is 11.1. The van der Waals surface area contributed by atoms with Crippen LogP contribution in [0.4, 0.5) is 0 Å². The smallest absolute Gasteiger partial charge is 0.235 e. The Labute approximate surface area is 311 Å². The van der Waals surface area contributed by atoms with Gasteiger partial charge in [0.2, 0.25) is 5.95 Å². The van der Waals surface area contributed by atoms with Crippen LogP contribution in [0.15, 0.2) is 164 Å². The van der Waals surface area contributed by atoms with Crippen molar-refractivity contribution in [3.63, 3.8) is 0 Å². The van der Waals surface area contributed by atoms with Crippen molar-refractivity contribution >= 4 is 106 Å². The molecule has 4 heterocycles. The standard InChI is InChI=1S/C48H27N3S2/c1-2-13-30(14-3-1)43-47-44(38-17-8-9-20-39(38)53-47)50-48(49-43)51-45-33-16-7-5-12-29(33)21-24-36(45)35-19-10-18-34(46(35)51)31-22-25-37-41(27-31)52-40-26-23-28-11-4-6-15-32(28)42(37)40/h1-27H. The lowest BCUT2D eigenvalue weighted by Gasteiger charge is -2.13. The van der Waals surface area contributed by atoms with Crippen LogP contribution in [0.25, 0.3) is 112 Å². The third-order valence-corrected chi connectivity index (χ3v) is 13.1. The SMILES string of the molecule is c1ccc(-c2nc(-n3c4c(-c5ccc6c(c5)sc5ccc7ccccc7c56)cccc4c4ccc5ccccc5c43)nc3c2sc2ccccc23)cc1. The number of hydrogen-bond donors (Lipinski definition) is 0. The third kappa shape index (κ3) is 4.20. The van der Waals surface area contributed by atoms with Crippen molar-refractivity contribution in [2.45, 2.75) is 0 Å². The number of nitrogens with zero attached hydrogens (tertiary/aromatic N) is 3. The zero-order valence-electron chi connectivity index (χ0n) is 28.2. The first-order valence-corrected chi connectivity index (χ1v) is 19.5. The molecule has 0 bridgehead atoms. The van der Waals surface area contributed by atoms with Crippen molar-refractivity contribution in [3.05, 3.63) is 164 Å². The molecule has 0 aliphatic heterocycles. The van der Waals surface area contributed by atoms with Gasteiger partial charge < -0.3 is 0 Å². The van der Waals surface area contributed by atoms with Gasteiger partial charge in [-0.15, -0.1) is 22.7 Å². The predicted molar refractivity (Wildman–Crippen MR) is 228 cm³/mol. The molecule has 53 heavy (non-hydrogen) atoms. The molecule has 0 spiro atoms. The molecule has 0 aliphatic rings. The minimum Gasteiger partial charge on any atom is -0.277 e. The Bertz CT molecular complexity index is 3460. The van der Waals surface area contributed by atoms with Gasteiger partial charge in [0.1, 0.15) is 0 Å². The predicted octanol–water partition coefficient (Wildman–Crippen LogP) is 13.9. The van der Waals surface area contributed by atoms with Crippen LogP contribution in [-0.4, -0.2) is 14.5 Å². The average molecular weight is 710 g/mol. The monoisotopic (exact) mass is 709 g/mol. The van der Waals surface area contributed by atoms with Gasteiger partial charge >= 0.3 is 0 Å². The van der Waals surface area contributed by atoms with Gasteiger partial charge in [-0.25, -0.2) is 9.97 Å². The molecule has 0 N–H and O–H groups in total. The van der Waals surface area contributed by atoms with E-state index in [1.165, 1.54) is 62.8 Å². The van der Waals surface area contributed by atoms with E-state index in [4.69, 9.17) is 9.97 Å². The highest BCUT2D eigenvalue weighted by Crippen LogP contribution is 2.45. The molecule has 0 atom stereocenters. The van der Waals surface area contributed by atoms with E-state index in [-0.39, 0.29) is 0 Å². The van der Waals surface area contributed by atoms with Crippen LogP contribution in [0.1, 0.15) is 0 Å². The highest BCUT2D eigenvalue weighted by atomic mass is 32.1. The maximum absolute atomic E-state index is 5.52. The van der Waals surface area contributed by atoms with Gasteiger partial charge in [-0.2, -0.15) is 0 Å². The molecule has 5 heteroatoms. The van der Waals surface area contributed by atoms with Crippen LogP contribution in [0, 0.1) is 0 Å². The van der Waals surface area contributed by atoms with Crippen molar-refractivity contribution in [2.75, 3.05) is 0 Å². The summed E-state index contributed by atoms with van der Waals surface area (Å²) in [5.74, 6) is 0.679. The normalized spacial score (nSPS) is 12.2. The molecule has 3 nitrogen and oxygen atoms in total. The Hall–Kier alpha value is -6.40. The van der Waals surface area contributed by atoms with Crippen LogP contribution in [0.5, 0.6) is 0 Å². The number of aromatic nitrogens is 3. The summed E-state index contributed by atoms with van der Waals surface area (Å²) in [5.41, 5.74) is 7.60. The van der Waals surface area contributed by atoms with Crippen molar-refractivity contribution in [1.82, 2.24) is 14.5 Å². The largest absolute Gasteiger partial charge is 0.277 e. The van der Waals surface area contributed by atoms with E-state index in [1.54, 1.807) is 11.3 Å². The lowest BCUT2D eigenvalue weighted by Crippen LogP contribution is -2.04. The number of thiophene rings is 2. The van der Waals surface area contributed by atoms with Crippen molar-refractivity contribution in [3.8, 4) is 28.3 Å². The Kier molecular flexibility index (Phi) is 6.09. The first-order valence-electron chi connectivity index (χ1n) is 17.8. The molecule has 0 fully saturated rings. The van der Waals surface area contributed by atoms with Crippen molar-refractivity contribution in [2.24, 2.45) is 0 Å². The summed E-state index contributed by atoms with van der Waals surface area (Å²) in [4.78, 5) is 11.0. The molecule has 8 aromatic carbocycles. The Balaban J connectivity index is 1.21. The van der Waals surface area contributed by atoms with E-state index in [1.807, 2.05) is 11.3 Å². The van der Waals surface area contributed by atoms with Crippen LogP contribution in [-0.2, 0) is 0 Å². The molecule has 246 valence electrons. The van der Waals surface area contributed by atoms with Crippen LogP contribution in [0.2, 0.25) is 0 Å². The molecule has 12 aromatic rings. The van der Waals surface area contributed by atoms with Gasteiger partial charge in [-0.05, 0) is 39.9 Å². The Morgan fingerprint density at radius 2 is 1.11 bits per heavy atom. The summed E-state index contributed by atoms with van der Waals surface area (Å²) >= 11 is 3.64. The maximum atomic E-state index is 5.52. The van der Waals surface area contributed by atoms with E-state index in [0.717, 1.165) is 43.5 Å². The molecule has 0 amide bonds. The molecule has 0 saturated carbocycles. The fraction of sp³-hybridized carbons (Fsp3) is 0. The number of para-hydroxylation sites is 1. The molecular weight excluding hydrogens is 683 g/mol. The van der Waals surface area contributed by atoms with E-state index in [0.29, 0.717) is 5.95 Å². The van der Waals surface area contributed by atoms with Crippen molar-refractivity contribution in [1.29, 1.82) is 0 Å². The summed E-state index contributed by atoms with van der Waals surface area (Å²) in [7, 11) is 0. The molecule has 0 aliphatic carbocycles. The summed E-state index contributed by atoms with van der Waals surface area (Å²) < 4.78 is 7.27. The average Bonchev–Trinajstić information content (AvgIpc) is 3.90. The van der Waals surface area contributed by atoms with Crippen LogP contribution >= 0.6 is 22.7 Å². The fourth-order valence-electron chi connectivity index (χ4n) is 8.44. The molecule has 0 unspecified atom stereocenters. The quantitative estimate of drug-likeness (QED) is 0.183. The number of hydrogen-bond acceptors (Lipinski definition) is 4. The minimum absolute atomic E-state index is 0.679. The molecular formula is C48H27N3S2. The highest BCUT2D eigenvalue weighted by molar-refractivity contribution is 7.26. The highest BCUT2D eigenvalue weighted by Gasteiger charge is 2.23. The van der Waals surface area contributed by atoms with E-state index in [2.05, 4.69) is 168 Å². The fourth-order valence-corrected chi connectivity index (χ4v) is 10.8. The second-order valence-electron chi connectivity index (χ2n) is 13.7. The number of fused-ring (bicyclic) bond motifs is 13. The van der Waals surface area contributed by atoms with Gasteiger partial charge in [0.25, 0.3) is 0 Å². The molecule has 0 radical (unpaired) electrons. The first-order chi connectivity index (χ1) is 26.3. The second-order valence-corrected chi connectivity index (χ2v) is 15.8. The van der Waals surface area contributed by atoms with Crippen LogP contribution in [0.3, 0.4) is 0 Å². The summed E-state index contributed by atoms with van der Waals surface area (Å²) in [6, 6.07) is 59.3. The third-order valence-electron chi connectivity index (χ3n) is 10.8. The second kappa shape index (κ2) is 11.1. The summed E-state index contributed by atoms with van der Waals surface area (Å²) in [6.45, 7) is 0. The van der Waals surface area contributed by atoms with Gasteiger partial charge in [0.05, 0.1) is 26.9 Å². The zero-order valence-corrected chi connectivity index (χ0v) is 29.9. The summed E-state index contributed by atoms with van der Waals surface area (Å²) in [6.07, 6.45) is 0. The van der Waals surface area contributed by atoms with E-state index >= 15 is 0 Å². The van der Waals surface area contributed by atoms with Gasteiger partial charge in [0, 0.05) is 57.5 Å². The van der Waals surface area contributed by atoms with Gasteiger partial charge in [-0.3, -0.25) is 4.57 Å².